The van der Waals surface area contributed by atoms with E-state index in [1.807, 2.05) is 11.1 Å². The Balaban J connectivity index is 1.70. The Morgan fingerprint density at radius 3 is 2.76 bits per heavy atom. The van der Waals surface area contributed by atoms with Gasteiger partial charge in [0, 0.05) is 37.9 Å². The molecule has 4 heterocycles. The quantitative estimate of drug-likeness (QED) is 0.697. The van der Waals surface area contributed by atoms with Crippen molar-refractivity contribution in [2.75, 3.05) is 17.2 Å². The topological polar surface area (TPSA) is 104 Å². The largest absolute Gasteiger partial charge is 0.368 e. The van der Waals surface area contributed by atoms with Crippen molar-refractivity contribution in [3.8, 4) is 5.95 Å². The molecular weight excluding hydrogens is 270 g/mol. The SMILES string of the molecule is Nc1nc(N2CCn3ccnc3C2)nc(-n2ccnc2)n1. The maximum Gasteiger partial charge on any atom is 0.241 e. The van der Waals surface area contributed by atoms with Gasteiger partial charge in [0.2, 0.25) is 17.8 Å². The number of hydrogen-bond acceptors (Lipinski definition) is 7. The Bertz CT molecular complexity index is 761. The van der Waals surface area contributed by atoms with Crippen LogP contribution in [0.25, 0.3) is 5.95 Å². The van der Waals surface area contributed by atoms with Crippen LogP contribution in [0.5, 0.6) is 0 Å². The zero-order valence-electron chi connectivity index (χ0n) is 11.2. The minimum Gasteiger partial charge on any atom is -0.368 e. The molecule has 1 aliphatic heterocycles. The number of fused-ring (bicyclic) bond motifs is 1. The number of hydrogen-bond donors (Lipinski definition) is 1. The molecule has 4 rings (SSSR count). The fourth-order valence-electron chi connectivity index (χ4n) is 2.35. The molecule has 1 aliphatic rings. The summed E-state index contributed by atoms with van der Waals surface area (Å²) in [5, 5.41) is 0. The van der Waals surface area contributed by atoms with Gasteiger partial charge in [-0.3, -0.25) is 4.57 Å². The highest BCUT2D eigenvalue weighted by molar-refractivity contribution is 5.38. The maximum atomic E-state index is 5.80. The first-order valence-electron chi connectivity index (χ1n) is 6.54. The van der Waals surface area contributed by atoms with E-state index in [0.717, 1.165) is 18.9 Å². The lowest BCUT2D eigenvalue weighted by molar-refractivity contribution is 0.550. The van der Waals surface area contributed by atoms with Crippen LogP contribution < -0.4 is 10.6 Å². The number of imidazole rings is 2. The average molecular weight is 283 g/mol. The molecule has 0 aliphatic carbocycles. The lowest BCUT2D eigenvalue weighted by atomic mass is 10.4. The first-order chi connectivity index (χ1) is 10.3. The molecule has 3 aromatic rings. The van der Waals surface area contributed by atoms with Crippen molar-refractivity contribution in [2.24, 2.45) is 0 Å². The van der Waals surface area contributed by atoms with Crippen LogP contribution in [0.15, 0.2) is 31.1 Å². The Morgan fingerprint density at radius 1 is 1.00 bits per heavy atom. The standard InChI is InChI=1S/C12H13N9/c13-10-16-11(18-12(17-10)21-3-1-14-8-21)20-6-5-19-4-2-15-9(19)7-20/h1-4,8H,5-7H2,(H2,13,16,17,18). The van der Waals surface area contributed by atoms with Crippen molar-refractivity contribution in [3.05, 3.63) is 36.9 Å². The van der Waals surface area contributed by atoms with Crippen molar-refractivity contribution < 1.29 is 0 Å². The molecule has 0 aromatic carbocycles. The molecule has 3 aromatic heterocycles. The third kappa shape index (κ3) is 2.08. The Hall–Kier alpha value is -2.97. The van der Waals surface area contributed by atoms with E-state index in [-0.39, 0.29) is 5.95 Å². The van der Waals surface area contributed by atoms with Crippen molar-refractivity contribution >= 4 is 11.9 Å². The first kappa shape index (κ1) is 11.8. The highest BCUT2D eigenvalue weighted by atomic mass is 15.4. The van der Waals surface area contributed by atoms with Crippen LogP contribution in [0.4, 0.5) is 11.9 Å². The number of nitrogens with two attached hydrogens (primary N) is 1. The summed E-state index contributed by atoms with van der Waals surface area (Å²) in [5.41, 5.74) is 5.80. The van der Waals surface area contributed by atoms with E-state index in [0.29, 0.717) is 18.4 Å². The van der Waals surface area contributed by atoms with Gasteiger partial charge < -0.3 is 15.2 Å². The van der Waals surface area contributed by atoms with E-state index in [4.69, 9.17) is 5.73 Å². The second-order valence-electron chi connectivity index (χ2n) is 4.72. The molecule has 106 valence electrons. The van der Waals surface area contributed by atoms with Gasteiger partial charge in [-0.15, -0.1) is 0 Å². The third-order valence-electron chi connectivity index (χ3n) is 3.39. The van der Waals surface area contributed by atoms with Crippen LogP contribution in [0.2, 0.25) is 0 Å². The predicted octanol–water partition coefficient (Wildman–Crippen LogP) is -0.144. The molecule has 0 saturated carbocycles. The van der Waals surface area contributed by atoms with Crippen LogP contribution in [-0.2, 0) is 13.1 Å². The molecule has 2 N–H and O–H groups in total. The van der Waals surface area contributed by atoms with E-state index < -0.39 is 0 Å². The molecule has 0 spiro atoms. The summed E-state index contributed by atoms with van der Waals surface area (Å²) in [6.07, 6.45) is 8.84. The van der Waals surface area contributed by atoms with Crippen LogP contribution in [-0.4, -0.2) is 40.6 Å². The monoisotopic (exact) mass is 283 g/mol. The lowest BCUT2D eigenvalue weighted by Crippen LogP contribution is -2.35. The van der Waals surface area contributed by atoms with Crippen LogP contribution >= 0.6 is 0 Å². The zero-order chi connectivity index (χ0) is 14.2. The number of nitrogens with zero attached hydrogens (tertiary/aromatic N) is 8. The summed E-state index contributed by atoms with van der Waals surface area (Å²) >= 11 is 0. The van der Waals surface area contributed by atoms with Gasteiger partial charge in [0.25, 0.3) is 0 Å². The third-order valence-corrected chi connectivity index (χ3v) is 3.39. The molecule has 21 heavy (non-hydrogen) atoms. The van der Waals surface area contributed by atoms with Crippen LogP contribution in [0.3, 0.4) is 0 Å². The fourth-order valence-corrected chi connectivity index (χ4v) is 2.35. The summed E-state index contributed by atoms with van der Waals surface area (Å²) < 4.78 is 3.82. The molecule has 0 unspecified atom stereocenters. The highest BCUT2D eigenvalue weighted by Gasteiger charge is 2.20. The van der Waals surface area contributed by atoms with Crippen molar-refractivity contribution in [3.63, 3.8) is 0 Å². The van der Waals surface area contributed by atoms with Crippen LogP contribution in [0, 0.1) is 0 Å². The van der Waals surface area contributed by atoms with Crippen molar-refractivity contribution in [2.45, 2.75) is 13.1 Å². The summed E-state index contributed by atoms with van der Waals surface area (Å²) in [4.78, 5) is 23.2. The molecule has 0 amide bonds. The van der Waals surface area contributed by atoms with E-state index in [1.165, 1.54) is 0 Å². The van der Waals surface area contributed by atoms with Crippen molar-refractivity contribution in [1.29, 1.82) is 0 Å². The molecule has 0 fully saturated rings. The van der Waals surface area contributed by atoms with E-state index in [2.05, 4.69) is 29.5 Å². The number of aromatic nitrogens is 7. The minimum atomic E-state index is 0.192. The average Bonchev–Trinajstić information content (AvgIpc) is 3.17. The van der Waals surface area contributed by atoms with Gasteiger partial charge in [0.05, 0.1) is 6.54 Å². The Morgan fingerprint density at radius 2 is 1.90 bits per heavy atom. The number of anilines is 2. The molecule has 9 heteroatoms. The first-order valence-corrected chi connectivity index (χ1v) is 6.54. The number of nitrogen functional groups attached to an aromatic ring is 1. The van der Waals surface area contributed by atoms with Gasteiger partial charge >= 0.3 is 0 Å². The maximum absolute atomic E-state index is 5.80. The molecule has 0 bridgehead atoms. The molecule has 0 atom stereocenters. The van der Waals surface area contributed by atoms with Gasteiger partial charge in [-0.05, 0) is 0 Å². The van der Waals surface area contributed by atoms with Gasteiger partial charge in [-0.2, -0.15) is 15.0 Å². The Labute approximate surface area is 120 Å². The predicted molar refractivity (Wildman–Crippen MR) is 74.6 cm³/mol. The lowest BCUT2D eigenvalue weighted by Gasteiger charge is -2.27. The van der Waals surface area contributed by atoms with E-state index in [1.54, 1.807) is 29.5 Å². The smallest absolute Gasteiger partial charge is 0.241 e. The van der Waals surface area contributed by atoms with Crippen LogP contribution in [0.1, 0.15) is 5.82 Å². The molecule has 0 radical (unpaired) electrons. The van der Waals surface area contributed by atoms with Crippen molar-refractivity contribution in [1.82, 2.24) is 34.1 Å². The second-order valence-corrected chi connectivity index (χ2v) is 4.72. The summed E-state index contributed by atoms with van der Waals surface area (Å²) in [7, 11) is 0. The van der Waals surface area contributed by atoms with Gasteiger partial charge in [-0.1, -0.05) is 0 Å². The summed E-state index contributed by atoms with van der Waals surface area (Å²) in [5.74, 6) is 2.20. The molecular formula is C12H13N9. The minimum absolute atomic E-state index is 0.192. The normalized spacial score (nSPS) is 14.2. The number of rotatable bonds is 2. The summed E-state index contributed by atoms with van der Waals surface area (Å²) in [6.45, 7) is 2.30. The van der Waals surface area contributed by atoms with Gasteiger partial charge in [0.15, 0.2) is 0 Å². The summed E-state index contributed by atoms with van der Waals surface area (Å²) in [6, 6.07) is 0. The fraction of sp³-hybridized carbons (Fsp3) is 0.250. The zero-order valence-corrected chi connectivity index (χ0v) is 11.2. The highest BCUT2D eigenvalue weighted by Crippen LogP contribution is 2.17. The Kier molecular flexibility index (Phi) is 2.56. The van der Waals surface area contributed by atoms with E-state index >= 15 is 0 Å². The van der Waals surface area contributed by atoms with Gasteiger partial charge in [0.1, 0.15) is 12.2 Å². The second kappa shape index (κ2) is 4.54. The molecule has 0 saturated heterocycles. The van der Waals surface area contributed by atoms with Gasteiger partial charge in [-0.25, -0.2) is 9.97 Å². The molecule has 9 nitrogen and oxygen atoms in total. The van der Waals surface area contributed by atoms with E-state index in [9.17, 15) is 0 Å².